The summed E-state index contributed by atoms with van der Waals surface area (Å²) in [5.41, 5.74) is 1.22. The summed E-state index contributed by atoms with van der Waals surface area (Å²) < 4.78 is 34.0. The van der Waals surface area contributed by atoms with E-state index in [2.05, 4.69) is 10.4 Å². The minimum absolute atomic E-state index is 0.0619. The van der Waals surface area contributed by atoms with Crippen LogP contribution in [-0.2, 0) is 0 Å². The van der Waals surface area contributed by atoms with Crippen LogP contribution in [0.1, 0.15) is 23.2 Å². The molecule has 0 spiro atoms. The molecule has 1 aliphatic carbocycles. The summed E-state index contributed by atoms with van der Waals surface area (Å²) in [5.74, 6) is -1.85. The molecule has 0 aliphatic heterocycles. The van der Waals surface area contributed by atoms with Crippen LogP contribution < -0.4 is 10.1 Å². The van der Waals surface area contributed by atoms with Crippen molar-refractivity contribution < 1.29 is 18.3 Å². The van der Waals surface area contributed by atoms with E-state index < -0.39 is 16.7 Å². The van der Waals surface area contributed by atoms with Crippen molar-refractivity contribution in [2.45, 2.75) is 25.0 Å². The van der Waals surface area contributed by atoms with Gasteiger partial charge in [0, 0.05) is 37.2 Å². The smallest absolute Gasteiger partial charge is 0.255 e. The monoisotopic (exact) mass is 377 g/mol. The zero-order valence-electron chi connectivity index (χ0n) is 13.5. The van der Waals surface area contributed by atoms with Gasteiger partial charge in [0.25, 0.3) is 5.91 Å². The van der Waals surface area contributed by atoms with Crippen molar-refractivity contribution in [1.29, 1.82) is 0 Å². The van der Waals surface area contributed by atoms with Crippen LogP contribution in [0.15, 0.2) is 42.7 Å². The molecule has 134 valence electrons. The molecule has 0 bridgehead atoms. The number of hydrogen-bond donors (Lipinski definition) is 1. The lowest BCUT2D eigenvalue weighted by molar-refractivity contribution is 0.0699. The molecule has 2 heterocycles. The first-order valence-electron chi connectivity index (χ1n) is 8.05. The summed E-state index contributed by atoms with van der Waals surface area (Å²) in [6.45, 7) is 0. The summed E-state index contributed by atoms with van der Waals surface area (Å²) in [6, 6.07) is 7.53. The zero-order valence-corrected chi connectivity index (χ0v) is 14.2. The summed E-state index contributed by atoms with van der Waals surface area (Å²) in [5, 5.41) is 6.50. The molecule has 1 saturated carbocycles. The van der Waals surface area contributed by atoms with Crippen LogP contribution in [0.2, 0.25) is 5.02 Å². The van der Waals surface area contributed by atoms with Crippen molar-refractivity contribution >= 4 is 23.0 Å². The number of hydrogen-bond acceptors (Lipinski definition) is 3. The molecule has 1 aliphatic rings. The molecule has 1 amide bonds. The van der Waals surface area contributed by atoms with Gasteiger partial charge in [-0.1, -0.05) is 17.7 Å². The van der Waals surface area contributed by atoms with E-state index in [0.717, 1.165) is 17.6 Å². The number of aromatic nitrogens is 2. The quantitative estimate of drug-likeness (QED) is 0.707. The van der Waals surface area contributed by atoms with Gasteiger partial charge in [-0.3, -0.25) is 4.79 Å². The van der Waals surface area contributed by atoms with Crippen LogP contribution in [0.4, 0.5) is 8.78 Å². The Hall–Kier alpha value is -2.67. The Morgan fingerprint density at radius 2 is 2.00 bits per heavy atom. The van der Waals surface area contributed by atoms with E-state index in [-0.39, 0.29) is 23.8 Å². The number of carbonyl (C=O) groups is 1. The van der Waals surface area contributed by atoms with Crippen LogP contribution in [0.3, 0.4) is 0 Å². The topological polar surface area (TPSA) is 55.6 Å². The Balaban J connectivity index is 1.34. The highest BCUT2D eigenvalue weighted by molar-refractivity contribution is 6.30. The van der Waals surface area contributed by atoms with Crippen LogP contribution >= 0.6 is 11.6 Å². The maximum atomic E-state index is 13.4. The van der Waals surface area contributed by atoms with Gasteiger partial charge >= 0.3 is 0 Å². The van der Waals surface area contributed by atoms with Crippen molar-refractivity contribution in [1.82, 2.24) is 14.9 Å². The largest absolute Gasteiger partial charge is 0.490 e. The Morgan fingerprint density at radius 3 is 2.73 bits per heavy atom. The van der Waals surface area contributed by atoms with Crippen molar-refractivity contribution in [3.63, 3.8) is 0 Å². The standard InChI is InChI=1S/C18H14ClF2N3O2/c19-17-14(20)7-12(8-15(17)21)26-11-5-10(6-11)23-18(25)13-9-22-24-4-2-1-3-16(13)24/h1-4,7-11H,5-6H2,(H,23,25)/t10-,11-. The minimum atomic E-state index is -0.862. The van der Waals surface area contributed by atoms with Crippen molar-refractivity contribution in [3.8, 4) is 5.75 Å². The summed E-state index contributed by atoms with van der Waals surface area (Å²) in [4.78, 5) is 12.4. The number of nitrogens with one attached hydrogen (secondary N) is 1. The Bertz CT molecular complexity index is 962. The molecule has 8 heteroatoms. The first-order valence-corrected chi connectivity index (χ1v) is 8.43. The van der Waals surface area contributed by atoms with Gasteiger partial charge in [0.2, 0.25) is 0 Å². The lowest BCUT2D eigenvalue weighted by Gasteiger charge is -2.35. The highest BCUT2D eigenvalue weighted by Crippen LogP contribution is 2.30. The number of pyridine rings is 1. The second-order valence-corrected chi connectivity index (χ2v) is 6.55. The maximum absolute atomic E-state index is 13.4. The predicted molar refractivity (Wildman–Crippen MR) is 91.5 cm³/mol. The molecule has 26 heavy (non-hydrogen) atoms. The molecule has 3 aromatic rings. The van der Waals surface area contributed by atoms with Crippen LogP contribution in [0.25, 0.3) is 5.52 Å². The molecule has 1 fully saturated rings. The number of benzene rings is 1. The van der Waals surface area contributed by atoms with Gasteiger partial charge in [-0.2, -0.15) is 5.10 Å². The van der Waals surface area contributed by atoms with Crippen LogP contribution in [-0.4, -0.2) is 27.7 Å². The van der Waals surface area contributed by atoms with E-state index in [4.69, 9.17) is 16.3 Å². The van der Waals surface area contributed by atoms with Crippen molar-refractivity contribution in [2.75, 3.05) is 0 Å². The van der Waals surface area contributed by atoms with Gasteiger partial charge in [0.05, 0.1) is 17.3 Å². The number of ether oxygens (including phenoxy) is 1. The third kappa shape index (κ3) is 3.10. The van der Waals surface area contributed by atoms with E-state index in [1.165, 1.54) is 6.20 Å². The average molecular weight is 378 g/mol. The van der Waals surface area contributed by atoms with E-state index in [9.17, 15) is 13.6 Å². The van der Waals surface area contributed by atoms with Gasteiger partial charge in [0.15, 0.2) is 0 Å². The highest BCUT2D eigenvalue weighted by atomic mass is 35.5. The fourth-order valence-electron chi connectivity index (χ4n) is 2.95. The average Bonchev–Trinajstić information content (AvgIpc) is 3.01. The number of carbonyl (C=O) groups excluding carboxylic acids is 1. The van der Waals surface area contributed by atoms with Gasteiger partial charge in [-0.05, 0) is 12.1 Å². The Morgan fingerprint density at radius 1 is 1.27 bits per heavy atom. The number of nitrogens with zero attached hydrogens (tertiary/aromatic N) is 2. The Kier molecular flexibility index (Phi) is 4.24. The van der Waals surface area contributed by atoms with E-state index in [0.29, 0.717) is 18.4 Å². The molecular weight excluding hydrogens is 364 g/mol. The first kappa shape index (κ1) is 16.8. The number of fused-ring (bicyclic) bond motifs is 1. The van der Waals surface area contributed by atoms with Crippen LogP contribution in [0.5, 0.6) is 5.75 Å². The van der Waals surface area contributed by atoms with Gasteiger partial charge in [-0.15, -0.1) is 0 Å². The molecular formula is C18H14ClF2N3O2. The first-order chi connectivity index (χ1) is 12.5. The SMILES string of the molecule is O=C(N[C@H]1C[C@H](Oc2cc(F)c(Cl)c(F)c2)C1)c1cnn2ccccc12. The second kappa shape index (κ2) is 6.57. The number of amides is 1. The number of rotatable bonds is 4. The van der Waals surface area contributed by atoms with E-state index >= 15 is 0 Å². The summed E-state index contributed by atoms with van der Waals surface area (Å²) in [6.07, 6.45) is 4.18. The highest BCUT2D eigenvalue weighted by Gasteiger charge is 2.33. The predicted octanol–water partition coefficient (Wildman–Crippen LogP) is 3.61. The minimum Gasteiger partial charge on any atom is -0.490 e. The molecule has 5 nitrogen and oxygen atoms in total. The molecule has 0 atom stereocenters. The third-order valence-corrected chi connectivity index (χ3v) is 4.72. The molecule has 4 rings (SSSR count). The number of halogens is 3. The van der Waals surface area contributed by atoms with Gasteiger partial charge < -0.3 is 10.1 Å². The second-order valence-electron chi connectivity index (χ2n) is 6.17. The summed E-state index contributed by atoms with van der Waals surface area (Å²) >= 11 is 5.44. The van der Waals surface area contributed by atoms with Gasteiger partial charge in [0.1, 0.15) is 28.5 Å². The lowest BCUT2D eigenvalue weighted by Crippen LogP contribution is -2.49. The van der Waals surface area contributed by atoms with Crippen LogP contribution in [0, 0.1) is 11.6 Å². The molecule has 2 aromatic heterocycles. The third-order valence-electron chi connectivity index (χ3n) is 4.36. The fraction of sp³-hybridized carbons (Fsp3) is 0.222. The van der Waals surface area contributed by atoms with Crippen molar-refractivity contribution in [3.05, 3.63) is 64.9 Å². The molecule has 0 radical (unpaired) electrons. The molecule has 1 N–H and O–H groups in total. The Labute approximate surface area is 152 Å². The van der Waals surface area contributed by atoms with E-state index in [1.807, 2.05) is 18.2 Å². The normalized spacial score (nSPS) is 19.2. The van der Waals surface area contributed by atoms with E-state index in [1.54, 1.807) is 10.7 Å². The lowest BCUT2D eigenvalue weighted by atomic mass is 9.89. The maximum Gasteiger partial charge on any atom is 0.255 e. The molecule has 0 saturated heterocycles. The zero-order chi connectivity index (χ0) is 18.3. The molecule has 0 unspecified atom stereocenters. The van der Waals surface area contributed by atoms with Crippen molar-refractivity contribution in [2.24, 2.45) is 0 Å². The molecule has 1 aromatic carbocycles. The summed E-state index contributed by atoms with van der Waals surface area (Å²) in [7, 11) is 0. The fourth-order valence-corrected chi connectivity index (χ4v) is 3.05. The van der Waals surface area contributed by atoms with Gasteiger partial charge in [-0.25, -0.2) is 13.3 Å².